The highest BCUT2D eigenvalue weighted by Crippen LogP contribution is 2.18. The summed E-state index contributed by atoms with van der Waals surface area (Å²) < 4.78 is 5.40. The minimum Gasteiger partial charge on any atom is -0.378 e. The Morgan fingerprint density at radius 1 is 1.14 bits per heavy atom. The molecule has 2 N–H and O–H groups in total. The predicted octanol–water partition coefficient (Wildman–Crippen LogP) is 2.13. The molecule has 0 saturated carbocycles. The van der Waals surface area contributed by atoms with Gasteiger partial charge in [0.05, 0.1) is 13.2 Å². The summed E-state index contributed by atoms with van der Waals surface area (Å²) in [5, 5.41) is 6.67. The first-order valence-electron chi connectivity index (χ1n) is 8.01. The van der Waals surface area contributed by atoms with Gasteiger partial charge in [-0.15, -0.1) is 0 Å². The summed E-state index contributed by atoms with van der Waals surface area (Å²) in [5.74, 6) is 1.93. The fourth-order valence-corrected chi connectivity index (χ4v) is 2.05. The Kier molecular flexibility index (Phi) is 5.39. The predicted molar refractivity (Wildman–Crippen MR) is 89.6 cm³/mol. The lowest BCUT2D eigenvalue weighted by atomic mass is 10.1. The molecule has 0 spiro atoms. The molecule has 124 valence electrons. The molecule has 0 aromatic carbocycles. The molecule has 1 atom stereocenters. The van der Waals surface area contributed by atoms with Gasteiger partial charge in [0.25, 0.3) is 0 Å². The minimum atomic E-state index is -0.0999. The van der Waals surface area contributed by atoms with Crippen LogP contribution in [-0.2, 0) is 4.74 Å². The highest BCUT2D eigenvalue weighted by Gasteiger charge is 2.19. The van der Waals surface area contributed by atoms with Gasteiger partial charge in [0, 0.05) is 24.7 Å². The summed E-state index contributed by atoms with van der Waals surface area (Å²) in [6.07, 6.45) is 1.01. The zero-order chi connectivity index (χ0) is 16.2. The van der Waals surface area contributed by atoms with Gasteiger partial charge < -0.3 is 20.3 Å². The molecule has 0 bridgehead atoms. The van der Waals surface area contributed by atoms with Gasteiger partial charge in [-0.3, -0.25) is 0 Å². The standard InChI is InChI=1S/C15H28N6O/c1-6-11(2)16-12-17-13(20-15(3,4)5)19-14(18-12)21-7-9-22-10-8-21/h11H,6-10H2,1-5H3,(H2,16,17,18,19,20)/t11-/m1/s1. The van der Waals surface area contributed by atoms with Crippen molar-refractivity contribution in [3.8, 4) is 0 Å². The molecule has 1 aliphatic heterocycles. The molecule has 0 amide bonds. The van der Waals surface area contributed by atoms with Crippen LogP contribution in [0.25, 0.3) is 0 Å². The van der Waals surface area contributed by atoms with E-state index in [9.17, 15) is 0 Å². The zero-order valence-corrected chi connectivity index (χ0v) is 14.3. The molecule has 7 nitrogen and oxygen atoms in total. The number of morpholine rings is 1. The highest BCUT2D eigenvalue weighted by atomic mass is 16.5. The van der Waals surface area contributed by atoms with Crippen LogP contribution in [0.2, 0.25) is 0 Å². The number of ether oxygens (including phenoxy) is 1. The lowest BCUT2D eigenvalue weighted by Gasteiger charge is -2.28. The molecule has 1 aromatic rings. The normalized spacial score (nSPS) is 17.2. The summed E-state index contributed by atoms with van der Waals surface area (Å²) in [4.78, 5) is 15.8. The Balaban J connectivity index is 2.26. The van der Waals surface area contributed by atoms with Crippen LogP contribution in [0.1, 0.15) is 41.0 Å². The summed E-state index contributed by atoms with van der Waals surface area (Å²) in [6, 6.07) is 0.322. The van der Waals surface area contributed by atoms with E-state index in [-0.39, 0.29) is 5.54 Å². The fraction of sp³-hybridized carbons (Fsp3) is 0.800. The van der Waals surface area contributed by atoms with Crippen LogP contribution in [0, 0.1) is 0 Å². The third-order valence-corrected chi connectivity index (χ3v) is 3.39. The van der Waals surface area contributed by atoms with Crippen molar-refractivity contribution in [3.63, 3.8) is 0 Å². The number of hydrogen-bond donors (Lipinski definition) is 2. The first-order valence-corrected chi connectivity index (χ1v) is 8.01. The molecule has 1 aromatic heterocycles. The SMILES string of the molecule is CC[C@@H](C)Nc1nc(NC(C)(C)C)nc(N2CCOCC2)n1. The number of anilines is 3. The number of aromatic nitrogens is 3. The van der Waals surface area contributed by atoms with Crippen molar-refractivity contribution in [1.82, 2.24) is 15.0 Å². The molecule has 2 heterocycles. The monoisotopic (exact) mass is 308 g/mol. The van der Waals surface area contributed by atoms with Gasteiger partial charge in [-0.25, -0.2) is 0 Å². The average Bonchev–Trinajstić information content (AvgIpc) is 2.46. The fourth-order valence-electron chi connectivity index (χ4n) is 2.05. The van der Waals surface area contributed by atoms with Crippen LogP contribution >= 0.6 is 0 Å². The second-order valence-electron chi connectivity index (χ2n) is 6.71. The van der Waals surface area contributed by atoms with Gasteiger partial charge in [-0.1, -0.05) is 6.92 Å². The first kappa shape index (κ1) is 16.7. The maximum atomic E-state index is 5.40. The second-order valence-corrected chi connectivity index (χ2v) is 6.71. The van der Waals surface area contributed by atoms with E-state index in [2.05, 4.69) is 65.1 Å². The van der Waals surface area contributed by atoms with Gasteiger partial charge in [-0.05, 0) is 34.1 Å². The zero-order valence-electron chi connectivity index (χ0n) is 14.3. The topological polar surface area (TPSA) is 75.2 Å². The van der Waals surface area contributed by atoms with E-state index < -0.39 is 0 Å². The minimum absolute atomic E-state index is 0.0999. The van der Waals surface area contributed by atoms with E-state index in [0.717, 1.165) is 19.5 Å². The Hall–Kier alpha value is -1.63. The van der Waals surface area contributed by atoms with Gasteiger partial charge in [0.2, 0.25) is 17.8 Å². The Morgan fingerprint density at radius 2 is 1.77 bits per heavy atom. The highest BCUT2D eigenvalue weighted by molar-refractivity contribution is 5.45. The van der Waals surface area contributed by atoms with Crippen LogP contribution in [-0.4, -0.2) is 52.8 Å². The Bertz CT molecular complexity index is 481. The summed E-state index contributed by atoms with van der Waals surface area (Å²) >= 11 is 0. The van der Waals surface area contributed by atoms with E-state index in [4.69, 9.17) is 4.74 Å². The van der Waals surface area contributed by atoms with Crippen molar-refractivity contribution >= 4 is 17.8 Å². The van der Waals surface area contributed by atoms with Crippen LogP contribution in [0.3, 0.4) is 0 Å². The summed E-state index contributed by atoms with van der Waals surface area (Å²) in [7, 11) is 0. The molecular formula is C15H28N6O. The molecular weight excluding hydrogens is 280 g/mol. The second kappa shape index (κ2) is 7.09. The third kappa shape index (κ3) is 4.98. The maximum absolute atomic E-state index is 5.40. The lowest BCUT2D eigenvalue weighted by Crippen LogP contribution is -2.38. The van der Waals surface area contributed by atoms with E-state index in [0.29, 0.717) is 37.1 Å². The van der Waals surface area contributed by atoms with Crippen LogP contribution in [0.15, 0.2) is 0 Å². The first-order chi connectivity index (χ1) is 10.4. The van der Waals surface area contributed by atoms with Crippen molar-refractivity contribution in [2.75, 3.05) is 41.8 Å². The number of rotatable bonds is 5. The van der Waals surface area contributed by atoms with E-state index in [1.165, 1.54) is 0 Å². The summed E-state index contributed by atoms with van der Waals surface area (Å²) in [5.41, 5.74) is -0.0999. The molecule has 7 heteroatoms. The molecule has 0 unspecified atom stereocenters. The van der Waals surface area contributed by atoms with Crippen molar-refractivity contribution in [2.24, 2.45) is 0 Å². The smallest absolute Gasteiger partial charge is 0.232 e. The van der Waals surface area contributed by atoms with Crippen LogP contribution < -0.4 is 15.5 Å². The van der Waals surface area contributed by atoms with Gasteiger partial charge in [-0.2, -0.15) is 15.0 Å². The molecule has 0 radical (unpaired) electrons. The van der Waals surface area contributed by atoms with E-state index in [1.807, 2.05) is 0 Å². The molecule has 1 fully saturated rings. The van der Waals surface area contributed by atoms with Crippen LogP contribution in [0.5, 0.6) is 0 Å². The molecule has 0 aliphatic carbocycles. The number of nitrogens with one attached hydrogen (secondary N) is 2. The van der Waals surface area contributed by atoms with Crippen molar-refractivity contribution in [3.05, 3.63) is 0 Å². The van der Waals surface area contributed by atoms with E-state index >= 15 is 0 Å². The maximum Gasteiger partial charge on any atom is 0.232 e. The van der Waals surface area contributed by atoms with Crippen molar-refractivity contribution < 1.29 is 4.74 Å². The van der Waals surface area contributed by atoms with Gasteiger partial charge in [0.15, 0.2) is 0 Å². The third-order valence-electron chi connectivity index (χ3n) is 3.39. The van der Waals surface area contributed by atoms with Gasteiger partial charge in [0.1, 0.15) is 0 Å². The lowest BCUT2D eigenvalue weighted by molar-refractivity contribution is 0.122. The number of hydrogen-bond acceptors (Lipinski definition) is 7. The molecule has 1 aliphatic rings. The quantitative estimate of drug-likeness (QED) is 0.863. The Morgan fingerprint density at radius 3 is 2.36 bits per heavy atom. The van der Waals surface area contributed by atoms with Crippen molar-refractivity contribution in [2.45, 2.75) is 52.6 Å². The summed E-state index contributed by atoms with van der Waals surface area (Å²) in [6.45, 7) is 13.6. The molecule has 22 heavy (non-hydrogen) atoms. The molecule has 1 saturated heterocycles. The molecule has 2 rings (SSSR count). The van der Waals surface area contributed by atoms with Gasteiger partial charge >= 0.3 is 0 Å². The Labute approximate surface area is 132 Å². The largest absolute Gasteiger partial charge is 0.378 e. The number of nitrogens with zero attached hydrogens (tertiary/aromatic N) is 4. The average molecular weight is 308 g/mol. The van der Waals surface area contributed by atoms with Crippen molar-refractivity contribution in [1.29, 1.82) is 0 Å². The van der Waals surface area contributed by atoms with E-state index in [1.54, 1.807) is 0 Å². The van der Waals surface area contributed by atoms with Crippen LogP contribution in [0.4, 0.5) is 17.8 Å².